The average Bonchev–Trinajstić information content (AvgIpc) is 4.03. The largest absolute Gasteiger partial charge is 0.496 e. The number of rotatable bonds is 22. The van der Waals surface area contributed by atoms with Crippen LogP contribution < -0.4 is 31.2 Å². The van der Waals surface area contributed by atoms with Crippen molar-refractivity contribution in [2.75, 3.05) is 20.3 Å². The van der Waals surface area contributed by atoms with Crippen LogP contribution >= 0.6 is 11.3 Å². The number of halogens is 1. The number of benzene rings is 2. The fraction of sp³-hybridized carbons (Fsp3) is 0.528. The zero-order chi connectivity index (χ0) is 50.5. The van der Waals surface area contributed by atoms with Crippen LogP contribution in [0.1, 0.15) is 132 Å². The lowest BCUT2D eigenvalue weighted by molar-refractivity contribution is -0.144. The molecule has 0 saturated carbocycles. The van der Waals surface area contributed by atoms with E-state index in [0.29, 0.717) is 35.6 Å². The molecule has 376 valence electrons. The SMILES string of the molecule is CC[C@@H]1[C@H](F)C(=O)N[C@@H]1COc1ncc(C#CCCCCCCCCCCC(=O)N[C@H](C(=O)N2C[C@H](O)C[C@H]2C(=O)NCc2ccc(-c3scnc3C)cc2)C(C)(C)C)c2cc(C(N)=O)c(OC)cc12. The van der Waals surface area contributed by atoms with Gasteiger partial charge in [0, 0.05) is 55.2 Å². The van der Waals surface area contributed by atoms with Crippen LogP contribution in [0.15, 0.2) is 48.1 Å². The van der Waals surface area contributed by atoms with E-state index in [-0.39, 0.29) is 67.5 Å². The van der Waals surface area contributed by atoms with Crippen molar-refractivity contribution in [3.8, 4) is 33.9 Å². The van der Waals surface area contributed by atoms with E-state index in [2.05, 4.69) is 37.8 Å². The quantitative estimate of drug-likeness (QED) is 0.0399. The highest BCUT2D eigenvalue weighted by Crippen LogP contribution is 2.34. The first-order valence-electron chi connectivity index (χ1n) is 24.4. The van der Waals surface area contributed by atoms with Crippen molar-refractivity contribution in [1.29, 1.82) is 0 Å². The van der Waals surface area contributed by atoms with Crippen LogP contribution in [0.2, 0.25) is 0 Å². The number of aromatic nitrogens is 2. The highest BCUT2D eigenvalue weighted by atomic mass is 32.1. The molecule has 70 heavy (non-hydrogen) atoms. The third kappa shape index (κ3) is 13.6. The molecule has 5 amide bonds. The molecule has 6 atom stereocenters. The molecule has 2 saturated heterocycles. The van der Waals surface area contributed by atoms with Crippen molar-refractivity contribution in [3.05, 3.63) is 70.5 Å². The van der Waals surface area contributed by atoms with Crippen molar-refractivity contribution in [1.82, 2.24) is 30.8 Å². The molecule has 2 fully saturated rings. The molecule has 2 aromatic carbocycles. The Balaban J connectivity index is 0.905. The second-order valence-electron chi connectivity index (χ2n) is 19.4. The maximum Gasteiger partial charge on any atom is 0.255 e. The van der Waals surface area contributed by atoms with Gasteiger partial charge in [0.2, 0.25) is 23.6 Å². The number of hydrogen-bond acceptors (Lipinski definition) is 11. The molecular weight excluding hydrogens is 914 g/mol. The smallest absolute Gasteiger partial charge is 0.255 e. The maximum atomic E-state index is 14.4. The van der Waals surface area contributed by atoms with Gasteiger partial charge in [0.05, 0.1) is 46.5 Å². The van der Waals surface area contributed by atoms with Gasteiger partial charge >= 0.3 is 0 Å². The Bertz CT molecular complexity index is 2550. The molecule has 15 nitrogen and oxygen atoms in total. The summed E-state index contributed by atoms with van der Waals surface area (Å²) < 4.78 is 25.9. The highest BCUT2D eigenvalue weighted by molar-refractivity contribution is 7.13. The van der Waals surface area contributed by atoms with Crippen LogP contribution in [0.4, 0.5) is 4.39 Å². The predicted octanol–water partition coefficient (Wildman–Crippen LogP) is 7.08. The predicted molar refractivity (Wildman–Crippen MR) is 268 cm³/mol. The van der Waals surface area contributed by atoms with Crippen LogP contribution in [-0.4, -0.2) is 100 Å². The Morgan fingerprint density at radius 3 is 2.37 bits per heavy atom. The molecule has 0 spiro atoms. The number of carbonyl (C=O) groups is 5. The van der Waals surface area contributed by atoms with Gasteiger partial charge in [0.1, 0.15) is 24.4 Å². The van der Waals surface area contributed by atoms with Crippen molar-refractivity contribution >= 4 is 51.6 Å². The van der Waals surface area contributed by atoms with Crippen molar-refractivity contribution in [3.63, 3.8) is 0 Å². The number of hydrogen-bond donors (Lipinski definition) is 5. The third-order valence-electron chi connectivity index (χ3n) is 13.2. The number of aryl methyl sites for hydroxylation is 1. The Morgan fingerprint density at radius 1 is 1.03 bits per heavy atom. The number of nitrogens with one attached hydrogen (secondary N) is 3. The molecule has 0 bridgehead atoms. The number of carbonyl (C=O) groups excluding carboxylic acids is 5. The van der Waals surface area contributed by atoms with Gasteiger partial charge in [-0.3, -0.25) is 24.0 Å². The fourth-order valence-electron chi connectivity index (χ4n) is 9.14. The minimum Gasteiger partial charge on any atom is -0.496 e. The normalized spacial score (nSPS) is 19.3. The molecule has 2 aliphatic rings. The number of amides is 5. The Kier molecular flexibility index (Phi) is 18.7. The van der Waals surface area contributed by atoms with E-state index in [4.69, 9.17) is 15.2 Å². The number of thiazole rings is 1. The number of aliphatic hydroxyl groups excluding tert-OH is 1. The Labute approximate surface area is 414 Å². The molecule has 2 aromatic heterocycles. The Morgan fingerprint density at radius 2 is 1.73 bits per heavy atom. The van der Waals surface area contributed by atoms with E-state index in [1.807, 2.05) is 64.4 Å². The first-order valence-corrected chi connectivity index (χ1v) is 25.3. The summed E-state index contributed by atoms with van der Waals surface area (Å²) in [6, 6.07) is 8.91. The number of nitrogens with zero attached hydrogens (tertiary/aromatic N) is 3. The summed E-state index contributed by atoms with van der Waals surface area (Å²) >= 11 is 1.58. The molecule has 4 heterocycles. The number of nitrogens with two attached hydrogens (primary N) is 1. The van der Waals surface area contributed by atoms with Gasteiger partial charge in [-0.1, -0.05) is 102 Å². The van der Waals surface area contributed by atoms with E-state index in [1.165, 1.54) is 12.0 Å². The van der Waals surface area contributed by atoms with Gasteiger partial charge in [-0.05, 0) is 54.9 Å². The summed E-state index contributed by atoms with van der Waals surface area (Å²) in [6.45, 7) is 9.74. The van der Waals surface area contributed by atoms with Gasteiger partial charge < -0.3 is 41.2 Å². The van der Waals surface area contributed by atoms with E-state index < -0.39 is 53.5 Å². The summed E-state index contributed by atoms with van der Waals surface area (Å²) in [5.74, 6) is 4.15. The molecule has 6 N–H and O–H groups in total. The summed E-state index contributed by atoms with van der Waals surface area (Å²) in [5.41, 5.74) is 10.5. The van der Waals surface area contributed by atoms with E-state index in [1.54, 1.807) is 29.7 Å². The zero-order valence-corrected chi connectivity index (χ0v) is 42.0. The highest BCUT2D eigenvalue weighted by Gasteiger charge is 2.45. The number of unbranched alkanes of at least 4 members (excludes halogenated alkanes) is 8. The van der Waals surface area contributed by atoms with Gasteiger partial charge in [0.25, 0.3) is 11.8 Å². The summed E-state index contributed by atoms with van der Waals surface area (Å²) in [6.07, 6.45) is 8.25. The summed E-state index contributed by atoms with van der Waals surface area (Å²) in [7, 11) is 1.43. The van der Waals surface area contributed by atoms with Gasteiger partial charge in [-0.2, -0.15) is 0 Å². The standard InChI is InChI=1S/C53H68FN7O8S/c1-7-37-41(59-50(66)45(37)54)30-69-51-39-26-43(68-6)40(48(55)64)25-38(39)35(28-57-51)18-16-14-12-10-8-9-11-13-15-17-19-44(63)60-47(53(3,4)5)52(67)61-29-36(62)24-42(61)49(65)56-27-33-20-22-34(23-21-33)46-32(2)58-31-70-46/h20-23,25-26,28,31,36-37,41-42,45,47,62H,7-15,17,19,24,27,29-30H2,1-6H3,(H2,55,64)(H,56,65)(H,59,66)(H,60,63)/t36-,37+,41-,42+,45+,47-/m1/s1. The Hall–Kier alpha value is -6.12. The number of β-amino-alcohol motifs (C(OH)–C–C–N with tert-alkyl or cyclic N) is 1. The van der Waals surface area contributed by atoms with Crippen LogP contribution in [0.3, 0.4) is 0 Å². The zero-order valence-electron chi connectivity index (χ0n) is 41.2. The number of aliphatic hydroxyl groups is 1. The molecule has 17 heteroatoms. The second kappa shape index (κ2) is 24.6. The van der Waals surface area contributed by atoms with Gasteiger partial charge in [0.15, 0.2) is 6.17 Å². The molecule has 0 unspecified atom stereocenters. The van der Waals surface area contributed by atoms with E-state index >= 15 is 0 Å². The number of methoxy groups -OCH3 is 1. The van der Waals surface area contributed by atoms with E-state index in [9.17, 15) is 33.5 Å². The molecule has 0 aliphatic carbocycles. The maximum absolute atomic E-state index is 14.4. The number of ether oxygens (including phenoxy) is 2. The molecule has 6 rings (SSSR count). The van der Waals surface area contributed by atoms with Crippen molar-refractivity contribution in [2.24, 2.45) is 17.1 Å². The van der Waals surface area contributed by atoms with Gasteiger partial charge in [-0.25, -0.2) is 14.4 Å². The average molecular weight is 982 g/mol. The van der Waals surface area contributed by atoms with Crippen LogP contribution in [0.5, 0.6) is 11.6 Å². The van der Waals surface area contributed by atoms with Crippen LogP contribution in [0, 0.1) is 30.1 Å². The lowest BCUT2D eigenvalue weighted by Crippen LogP contribution is -2.57. The van der Waals surface area contributed by atoms with Crippen molar-refractivity contribution in [2.45, 2.75) is 149 Å². The minimum absolute atomic E-state index is 0.0153. The molecular formula is C53H68FN7O8S. The molecule has 4 aromatic rings. The van der Waals surface area contributed by atoms with Crippen LogP contribution in [0.25, 0.3) is 21.2 Å². The number of fused-ring (bicyclic) bond motifs is 1. The lowest BCUT2D eigenvalue weighted by atomic mass is 9.85. The third-order valence-corrected chi connectivity index (χ3v) is 14.1. The topological polar surface area (TPSA) is 215 Å². The number of primary amides is 1. The summed E-state index contributed by atoms with van der Waals surface area (Å²) in [4.78, 5) is 76.3. The van der Waals surface area contributed by atoms with Crippen LogP contribution in [-0.2, 0) is 25.7 Å². The number of likely N-dealkylation sites (tertiary alicyclic amines) is 1. The molecule has 0 radical (unpaired) electrons. The van der Waals surface area contributed by atoms with Crippen molar-refractivity contribution < 1.29 is 42.9 Å². The minimum atomic E-state index is -1.59. The van der Waals surface area contributed by atoms with Gasteiger partial charge in [-0.15, -0.1) is 11.3 Å². The first-order chi connectivity index (χ1) is 33.5. The second-order valence-corrected chi connectivity index (χ2v) is 20.3. The van der Waals surface area contributed by atoms with E-state index in [0.717, 1.165) is 66.6 Å². The monoisotopic (exact) mass is 981 g/mol. The molecule has 2 aliphatic heterocycles. The fourth-order valence-corrected chi connectivity index (χ4v) is 9.95. The first kappa shape index (κ1) is 53.2. The summed E-state index contributed by atoms with van der Waals surface area (Å²) in [5, 5.41) is 20.3. The number of alkyl halides is 1. The number of pyridine rings is 1. The lowest BCUT2D eigenvalue weighted by Gasteiger charge is -2.35.